The molecule has 0 bridgehead atoms. The van der Waals surface area contributed by atoms with Crippen LogP contribution in [0, 0.1) is 0 Å². The number of hydrogen-bond donors (Lipinski definition) is 0. The summed E-state index contributed by atoms with van der Waals surface area (Å²) in [6, 6.07) is 17.8. The molecule has 0 radical (unpaired) electrons. The molecule has 20 heavy (non-hydrogen) atoms. The van der Waals surface area contributed by atoms with Crippen LogP contribution in [0.25, 0.3) is 0 Å². The molecule has 1 amide bonds. The summed E-state index contributed by atoms with van der Waals surface area (Å²) < 4.78 is 5.69. The molecule has 0 N–H and O–H groups in total. The van der Waals surface area contributed by atoms with Crippen LogP contribution in [0.15, 0.2) is 54.6 Å². The van der Waals surface area contributed by atoms with Gasteiger partial charge in [-0.2, -0.15) is 0 Å². The van der Waals surface area contributed by atoms with Crippen LogP contribution in [0.5, 0.6) is 5.75 Å². The third-order valence-electron chi connectivity index (χ3n) is 3.50. The van der Waals surface area contributed by atoms with Crippen LogP contribution in [0.4, 0.5) is 0 Å². The van der Waals surface area contributed by atoms with Crippen LogP contribution >= 0.6 is 0 Å². The number of rotatable bonds is 2. The standard InChI is InChI=1S/C17H17NO2/c19-17(12-14-6-2-1-3-7-14)18-10-11-20-16-9-5-4-8-15(16)13-18/h1-9H,10-13H2. The summed E-state index contributed by atoms with van der Waals surface area (Å²) >= 11 is 0. The monoisotopic (exact) mass is 267 g/mol. The van der Waals surface area contributed by atoms with Crippen LogP contribution in [0.3, 0.4) is 0 Å². The van der Waals surface area contributed by atoms with Crippen molar-refractivity contribution in [2.75, 3.05) is 13.2 Å². The number of fused-ring (bicyclic) bond motifs is 1. The summed E-state index contributed by atoms with van der Waals surface area (Å²) in [4.78, 5) is 14.3. The van der Waals surface area contributed by atoms with Gasteiger partial charge in [-0.1, -0.05) is 48.5 Å². The third-order valence-corrected chi connectivity index (χ3v) is 3.50. The number of amides is 1. The first-order chi connectivity index (χ1) is 9.83. The fourth-order valence-electron chi connectivity index (χ4n) is 2.42. The summed E-state index contributed by atoms with van der Waals surface area (Å²) in [5, 5.41) is 0. The molecule has 0 saturated heterocycles. The fourth-order valence-corrected chi connectivity index (χ4v) is 2.42. The summed E-state index contributed by atoms with van der Waals surface area (Å²) in [6.07, 6.45) is 0.447. The second kappa shape index (κ2) is 5.78. The van der Waals surface area contributed by atoms with Gasteiger partial charge in [-0.05, 0) is 11.6 Å². The van der Waals surface area contributed by atoms with Crippen molar-refractivity contribution in [3.8, 4) is 5.75 Å². The first-order valence-electron chi connectivity index (χ1n) is 6.85. The van der Waals surface area contributed by atoms with Gasteiger partial charge in [0.25, 0.3) is 0 Å². The maximum Gasteiger partial charge on any atom is 0.227 e. The van der Waals surface area contributed by atoms with Crippen molar-refractivity contribution in [3.63, 3.8) is 0 Å². The molecule has 2 aromatic carbocycles. The number of hydrogen-bond acceptors (Lipinski definition) is 2. The van der Waals surface area contributed by atoms with Gasteiger partial charge < -0.3 is 9.64 Å². The SMILES string of the molecule is O=C(Cc1ccccc1)N1CCOc2ccccc2C1. The Morgan fingerprint density at radius 1 is 1.05 bits per heavy atom. The van der Waals surface area contributed by atoms with Gasteiger partial charge in [-0.3, -0.25) is 4.79 Å². The quantitative estimate of drug-likeness (QED) is 0.837. The predicted molar refractivity (Wildman–Crippen MR) is 77.5 cm³/mol. The lowest BCUT2D eigenvalue weighted by molar-refractivity contribution is -0.131. The molecule has 0 spiro atoms. The molecule has 0 unspecified atom stereocenters. The van der Waals surface area contributed by atoms with E-state index in [2.05, 4.69) is 0 Å². The predicted octanol–water partition coefficient (Wildman–Crippen LogP) is 2.65. The van der Waals surface area contributed by atoms with E-state index in [4.69, 9.17) is 4.74 Å². The van der Waals surface area contributed by atoms with Gasteiger partial charge in [0.15, 0.2) is 0 Å². The second-order valence-corrected chi connectivity index (χ2v) is 4.93. The Kier molecular flexibility index (Phi) is 3.68. The highest BCUT2D eigenvalue weighted by Gasteiger charge is 2.19. The third kappa shape index (κ3) is 2.82. The van der Waals surface area contributed by atoms with E-state index >= 15 is 0 Å². The molecule has 2 aromatic rings. The van der Waals surface area contributed by atoms with Gasteiger partial charge >= 0.3 is 0 Å². The molecule has 102 valence electrons. The van der Waals surface area contributed by atoms with Crippen molar-refractivity contribution in [2.45, 2.75) is 13.0 Å². The van der Waals surface area contributed by atoms with E-state index in [0.717, 1.165) is 16.9 Å². The molecular formula is C17H17NO2. The normalized spacial score (nSPS) is 14.1. The van der Waals surface area contributed by atoms with Gasteiger partial charge in [-0.15, -0.1) is 0 Å². The highest BCUT2D eigenvalue weighted by atomic mass is 16.5. The zero-order valence-electron chi connectivity index (χ0n) is 11.3. The zero-order valence-corrected chi connectivity index (χ0v) is 11.3. The van der Waals surface area contributed by atoms with Crippen molar-refractivity contribution < 1.29 is 9.53 Å². The summed E-state index contributed by atoms with van der Waals surface area (Å²) in [6.45, 7) is 1.82. The van der Waals surface area contributed by atoms with Crippen molar-refractivity contribution in [2.24, 2.45) is 0 Å². The summed E-state index contributed by atoms with van der Waals surface area (Å²) in [5.74, 6) is 1.04. The zero-order chi connectivity index (χ0) is 13.8. The smallest absolute Gasteiger partial charge is 0.227 e. The van der Waals surface area contributed by atoms with Crippen molar-refractivity contribution in [1.29, 1.82) is 0 Å². The topological polar surface area (TPSA) is 29.5 Å². The van der Waals surface area contributed by atoms with Crippen LogP contribution in [0.1, 0.15) is 11.1 Å². The average molecular weight is 267 g/mol. The second-order valence-electron chi connectivity index (χ2n) is 4.93. The fraction of sp³-hybridized carbons (Fsp3) is 0.235. The van der Waals surface area contributed by atoms with Gasteiger partial charge in [0.1, 0.15) is 12.4 Å². The number of benzene rings is 2. The minimum Gasteiger partial charge on any atom is -0.491 e. The van der Waals surface area contributed by atoms with Crippen molar-refractivity contribution >= 4 is 5.91 Å². The molecule has 3 rings (SSSR count). The average Bonchev–Trinajstić information content (AvgIpc) is 2.70. The maximum atomic E-state index is 12.4. The molecule has 0 aromatic heterocycles. The Labute approximate surface area is 118 Å². The van der Waals surface area contributed by atoms with Gasteiger partial charge in [0.05, 0.1) is 13.0 Å². The Morgan fingerprint density at radius 3 is 2.65 bits per heavy atom. The van der Waals surface area contributed by atoms with E-state index in [1.54, 1.807) is 0 Å². The number of carbonyl (C=O) groups is 1. The highest BCUT2D eigenvalue weighted by molar-refractivity contribution is 5.79. The highest BCUT2D eigenvalue weighted by Crippen LogP contribution is 2.22. The van der Waals surface area contributed by atoms with Gasteiger partial charge in [-0.25, -0.2) is 0 Å². The molecule has 0 aliphatic carbocycles. The molecule has 0 saturated carbocycles. The van der Waals surface area contributed by atoms with Gasteiger partial charge in [0.2, 0.25) is 5.91 Å². The molecule has 3 nitrogen and oxygen atoms in total. The summed E-state index contributed by atoms with van der Waals surface area (Å²) in [5.41, 5.74) is 2.13. The van der Waals surface area contributed by atoms with Gasteiger partial charge in [0, 0.05) is 12.1 Å². The van der Waals surface area contributed by atoms with Crippen LogP contribution in [-0.2, 0) is 17.8 Å². The van der Waals surface area contributed by atoms with Crippen molar-refractivity contribution in [1.82, 2.24) is 4.90 Å². The molecule has 1 heterocycles. The lowest BCUT2D eigenvalue weighted by atomic mass is 10.1. The van der Waals surface area contributed by atoms with Crippen LogP contribution in [-0.4, -0.2) is 24.0 Å². The van der Waals surface area contributed by atoms with E-state index in [1.807, 2.05) is 59.5 Å². The van der Waals surface area contributed by atoms with Crippen LogP contribution < -0.4 is 4.74 Å². The molecule has 1 aliphatic rings. The number of para-hydroxylation sites is 1. The molecule has 0 atom stereocenters. The number of ether oxygens (including phenoxy) is 1. The van der Waals surface area contributed by atoms with Crippen LogP contribution in [0.2, 0.25) is 0 Å². The van der Waals surface area contributed by atoms with Crippen molar-refractivity contribution in [3.05, 3.63) is 65.7 Å². The molecule has 3 heteroatoms. The number of carbonyl (C=O) groups excluding carboxylic acids is 1. The first kappa shape index (κ1) is 12.7. The minimum atomic E-state index is 0.150. The van der Waals surface area contributed by atoms with E-state index in [0.29, 0.717) is 26.1 Å². The Morgan fingerprint density at radius 2 is 1.80 bits per heavy atom. The largest absolute Gasteiger partial charge is 0.491 e. The first-order valence-corrected chi connectivity index (χ1v) is 6.85. The molecule has 1 aliphatic heterocycles. The number of nitrogens with zero attached hydrogens (tertiary/aromatic N) is 1. The molecular weight excluding hydrogens is 250 g/mol. The van der Waals surface area contributed by atoms with E-state index in [1.165, 1.54) is 0 Å². The minimum absolute atomic E-state index is 0.150. The molecule has 0 fully saturated rings. The lowest BCUT2D eigenvalue weighted by Gasteiger charge is -2.19. The van der Waals surface area contributed by atoms with E-state index in [9.17, 15) is 4.79 Å². The Bertz CT molecular complexity index is 595. The maximum absolute atomic E-state index is 12.4. The van der Waals surface area contributed by atoms with E-state index in [-0.39, 0.29) is 5.91 Å². The Balaban J connectivity index is 1.73. The summed E-state index contributed by atoms with van der Waals surface area (Å²) in [7, 11) is 0. The lowest BCUT2D eigenvalue weighted by Crippen LogP contribution is -2.33. The van der Waals surface area contributed by atoms with E-state index < -0.39 is 0 Å². The Hall–Kier alpha value is -2.29.